The minimum atomic E-state index is 0.817. The SMILES string of the molecule is Cc1cccnc1CCc1ccc(N)cc1. The molecule has 0 bridgehead atoms. The second-order valence-electron chi connectivity index (χ2n) is 4.01. The molecular weight excluding hydrogens is 196 g/mol. The fraction of sp³-hybridized carbons (Fsp3) is 0.214. The number of nitrogen functional groups attached to an aromatic ring is 1. The van der Waals surface area contributed by atoms with Crippen LogP contribution in [0, 0.1) is 6.92 Å². The third-order valence-corrected chi connectivity index (χ3v) is 2.75. The first-order valence-electron chi connectivity index (χ1n) is 5.50. The summed E-state index contributed by atoms with van der Waals surface area (Å²) in [6.45, 7) is 2.10. The van der Waals surface area contributed by atoms with Gasteiger partial charge in [0.1, 0.15) is 0 Å². The average Bonchev–Trinajstić information content (AvgIpc) is 2.30. The molecule has 0 spiro atoms. The maximum atomic E-state index is 5.65. The van der Waals surface area contributed by atoms with Crippen molar-refractivity contribution in [3.05, 3.63) is 59.4 Å². The summed E-state index contributed by atoms with van der Waals surface area (Å²) in [5.41, 5.74) is 10.2. The Balaban J connectivity index is 2.02. The summed E-state index contributed by atoms with van der Waals surface area (Å²) in [4.78, 5) is 4.39. The number of nitrogens with zero attached hydrogens (tertiary/aromatic N) is 1. The lowest BCUT2D eigenvalue weighted by Crippen LogP contribution is -1.97. The number of aryl methyl sites for hydroxylation is 3. The standard InChI is InChI=1S/C14H16N2/c1-11-3-2-10-16-14(11)9-6-12-4-7-13(15)8-5-12/h2-5,7-8,10H,6,9,15H2,1H3. The van der Waals surface area contributed by atoms with Crippen molar-refractivity contribution >= 4 is 5.69 Å². The highest BCUT2D eigenvalue weighted by molar-refractivity contribution is 5.39. The van der Waals surface area contributed by atoms with Crippen LogP contribution in [0.25, 0.3) is 0 Å². The van der Waals surface area contributed by atoms with Crippen molar-refractivity contribution in [2.24, 2.45) is 0 Å². The van der Waals surface area contributed by atoms with Crippen molar-refractivity contribution in [2.75, 3.05) is 5.73 Å². The van der Waals surface area contributed by atoms with Crippen LogP contribution in [0.3, 0.4) is 0 Å². The molecule has 0 saturated heterocycles. The van der Waals surface area contributed by atoms with Gasteiger partial charge in [-0.25, -0.2) is 0 Å². The van der Waals surface area contributed by atoms with Crippen molar-refractivity contribution in [3.63, 3.8) is 0 Å². The Hall–Kier alpha value is -1.83. The Kier molecular flexibility index (Phi) is 3.20. The minimum Gasteiger partial charge on any atom is -0.399 e. The lowest BCUT2D eigenvalue weighted by molar-refractivity contribution is 0.900. The first-order valence-corrected chi connectivity index (χ1v) is 5.50. The molecule has 82 valence electrons. The van der Waals surface area contributed by atoms with Gasteiger partial charge in [0.2, 0.25) is 0 Å². The molecule has 2 N–H and O–H groups in total. The van der Waals surface area contributed by atoms with E-state index in [-0.39, 0.29) is 0 Å². The molecule has 0 aliphatic carbocycles. The van der Waals surface area contributed by atoms with E-state index in [1.807, 2.05) is 24.4 Å². The Bertz CT molecular complexity index is 460. The highest BCUT2D eigenvalue weighted by Gasteiger charge is 1.99. The van der Waals surface area contributed by atoms with Crippen LogP contribution in [-0.4, -0.2) is 4.98 Å². The number of hydrogen-bond donors (Lipinski definition) is 1. The van der Waals surface area contributed by atoms with Crippen LogP contribution in [0.1, 0.15) is 16.8 Å². The lowest BCUT2D eigenvalue weighted by atomic mass is 10.1. The molecule has 2 heteroatoms. The molecule has 0 fully saturated rings. The predicted octanol–water partition coefficient (Wildman–Crippen LogP) is 2.76. The number of aromatic nitrogens is 1. The molecule has 1 heterocycles. The van der Waals surface area contributed by atoms with E-state index in [1.54, 1.807) is 0 Å². The third-order valence-electron chi connectivity index (χ3n) is 2.75. The van der Waals surface area contributed by atoms with Gasteiger partial charge in [-0.15, -0.1) is 0 Å². The van der Waals surface area contributed by atoms with E-state index in [0.29, 0.717) is 0 Å². The smallest absolute Gasteiger partial charge is 0.0436 e. The van der Waals surface area contributed by atoms with Gasteiger partial charge in [-0.1, -0.05) is 18.2 Å². The molecule has 16 heavy (non-hydrogen) atoms. The van der Waals surface area contributed by atoms with Gasteiger partial charge in [0.15, 0.2) is 0 Å². The van der Waals surface area contributed by atoms with Crippen LogP contribution < -0.4 is 5.73 Å². The van der Waals surface area contributed by atoms with Crippen molar-refractivity contribution in [2.45, 2.75) is 19.8 Å². The zero-order valence-electron chi connectivity index (χ0n) is 9.48. The van der Waals surface area contributed by atoms with Crippen molar-refractivity contribution in [3.8, 4) is 0 Å². The Morgan fingerprint density at radius 3 is 2.50 bits per heavy atom. The minimum absolute atomic E-state index is 0.817. The van der Waals surface area contributed by atoms with Crippen molar-refractivity contribution in [1.29, 1.82) is 0 Å². The Labute approximate surface area is 96.1 Å². The second kappa shape index (κ2) is 4.79. The quantitative estimate of drug-likeness (QED) is 0.794. The molecular formula is C14H16N2. The van der Waals surface area contributed by atoms with Gasteiger partial charge in [-0.05, 0) is 49.1 Å². The van der Waals surface area contributed by atoms with Gasteiger partial charge < -0.3 is 5.73 Å². The van der Waals surface area contributed by atoms with E-state index in [0.717, 1.165) is 18.5 Å². The largest absolute Gasteiger partial charge is 0.399 e. The van der Waals surface area contributed by atoms with Gasteiger partial charge in [0.05, 0.1) is 0 Å². The summed E-state index contributed by atoms with van der Waals surface area (Å²) in [6, 6.07) is 12.1. The monoisotopic (exact) mass is 212 g/mol. The van der Waals surface area contributed by atoms with Gasteiger partial charge in [0, 0.05) is 17.6 Å². The van der Waals surface area contributed by atoms with E-state index in [9.17, 15) is 0 Å². The average molecular weight is 212 g/mol. The van der Waals surface area contributed by atoms with E-state index >= 15 is 0 Å². The lowest BCUT2D eigenvalue weighted by Gasteiger charge is -2.04. The van der Waals surface area contributed by atoms with Crippen molar-refractivity contribution < 1.29 is 0 Å². The molecule has 1 aromatic heterocycles. The second-order valence-corrected chi connectivity index (χ2v) is 4.01. The van der Waals surface area contributed by atoms with E-state index < -0.39 is 0 Å². The summed E-state index contributed by atoms with van der Waals surface area (Å²) in [5, 5.41) is 0. The van der Waals surface area contributed by atoms with E-state index in [2.05, 4.69) is 30.1 Å². The fourth-order valence-electron chi connectivity index (χ4n) is 1.73. The summed E-state index contributed by atoms with van der Waals surface area (Å²) in [7, 11) is 0. The van der Waals surface area contributed by atoms with Gasteiger partial charge >= 0.3 is 0 Å². The first-order chi connectivity index (χ1) is 7.75. The summed E-state index contributed by atoms with van der Waals surface area (Å²) in [6.07, 6.45) is 3.85. The van der Waals surface area contributed by atoms with Crippen LogP contribution in [0.4, 0.5) is 5.69 Å². The molecule has 0 aliphatic heterocycles. The topological polar surface area (TPSA) is 38.9 Å². The zero-order valence-corrected chi connectivity index (χ0v) is 9.48. The van der Waals surface area contributed by atoms with Crippen LogP contribution in [-0.2, 0) is 12.8 Å². The fourth-order valence-corrected chi connectivity index (χ4v) is 1.73. The maximum absolute atomic E-state index is 5.65. The van der Waals surface area contributed by atoms with Crippen LogP contribution in [0.2, 0.25) is 0 Å². The molecule has 0 unspecified atom stereocenters. The third kappa shape index (κ3) is 2.60. The van der Waals surface area contributed by atoms with Crippen molar-refractivity contribution in [1.82, 2.24) is 4.98 Å². The number of anilines is 1. The first kappa shape index (κ1) is 10.7. The summed E-state index contributed by atoms with van der Waals surface area (Å²) >= 11 is 0. The van der Waals surface area contributed by atoms with Gasteiger partial charge in [-0.3, -0.25) is 4.98 Å². The number of benzene rings is 1. The van der Waals surface area contributed by atoms with Gasteiger partial charge in [-0.2, -0.15) is 0 Å². The van der Waals surface area contributed by atoms with Crippen LogP contribution in [0.15, 0.2) is 42.6 Å². The molecule has 0 amide bonds. The number of pyridine rings is 1. The predicted molar refractivity (Wildman–Crippen MR) is 67.2 cm³/mol. The molecule has 2 aromatic rings. The van der Waals surface area contributed by atoms with Crippen LogP contribution >= 0.6 is 0 Å². The summed E-state index contributed by atoms with van der Waals surface area (Å²) < 4.78 is 0. The molecule has 2 rings (SSSR count). The molecule has 2 nitrogen and oxygen atoms in total. The normalized spacial score (nSPS) is 10.3. The van der Waals surface area contributed by atoms with Crippen LogP contribution in [0.5, 0.6) is 0 Å². The highest BCUT2D eigenvalue weighted by Crippen LogP contribution is 2.10. The Morgan fingerprint density at radius 2 is 1.81 bits per heavy atom. The maximum Gasteiger partial charge on any atom is 0.0436 e. The highest BCUT2D eigenvalue weighted by atomic mass is 14.7. The molecule has 0 radical (unpaired) electrons. The number of hydrogen-bond acceptors (Lipinski definition) is 2. The summed E-state index contributed by atoms with van der Waals surface area (Å²) in [5.74, 6) is 0. The Morgan fingerprint density at radius 1 is 1.06 bits per heavy atom. The van der Waals surface area contributed by atoms with Gasteiger partial charge in [0.25, 0.3) is 0 Å². The van der Waals surface area contributed by atoms with E-state index in [4.69, 9.17) is 5.73 Å². The molecule has 0 aliphatic rings. The molecule has 0 atom stereocenters. The zero-order chi connectivity index (χ0) is 11.4. The van der Waals surface area contributed by atoms with E-state index in [1.165, 1.54) is 16.8 Å². The molecule has 1 aromatic carbocycles. The molecule has 0 saturated carbocycles. The number of nitrogens with two attached hydrogens (primary N) is 1. The number of rotatable bonds is 3.